The fourth-order valence-electron chi connectivity index (χ4n) is 5.48. The van der Waals surface area contributed by atoms with E-state index in [-0.39, 0.29) is 25.1 Å². The number of unbranched alkanes of at least 4 members (excludes halogenated alkanes) is 8. The summed E-state index contributed by atoms with van der Waals surface area (Å²) in [5.41, 5.74) is 2.74. The van der Waals surface area contributed by atoms with Crippen molar-refractivity contribution in [3.63, 3.8) is 0 Å². The van der Waals surface area contributed by atoms with Gasteiger partial charge in [0.1, 0.15) is 12.4 Å². The van der Waals surface area contributed by atoms with Gasteiger partial charge in [-0.2, -0.15) is 0 Å². The Hall–Kier alpha value is -3.53. The first-order valence-corrected chi connectivity index (χ1v) is 16.6. The van der Waals surface area contributed by atoms with Gasteiger partial charge >= 0.3 is 5.97 Å². The number of amidine groups is 1. The van der Waals surface area contributed by atoms with E-state index in [0.29, 0.717) is 18.7 Å². The molecule has 244 valence electrons. The first-order valence-electron chi connectivity index (χ1n) is 16.6. The number of aliphatic imine (C=N–C) groups is 1. The van der Waals surface area contributed by atoms with Crippen molar-refractivity contribution in [2.24, 2.45) is 4.99 Å². The first-order chi connectivity index (χ1) is 22.1. The Labute approximate surface area is 267 Å². The second-order valence-electron chi connectivity index (χ2n) is 11.7. The SMILES string of the molecule is O=C(CCCCCCCc1ccccc1)NC1=NC(O)N([C@@H]2CO[C@H](COC(=O)CCCCCCCc3ccccc3)O2)C=C1. The highest BCUT2D eigenvalue weighted by Gasteiger charge is 2.34. The minimum absolute atomic E-state index is 0.00232. The van der Waals surface area contributed by atoms with Gasteiger partial charge in [0.15, 0.2) is 12.5 Å². The summed E-state index contributed by atoms with van der Waals surface area (Å²) in [5.74, 6) is -0.0678. The summed E-state index contributed by atoms with van der Waals surface area (Å²) in [7, 11) is 0. The Kier molecular flexibility index (Phi) is 15.1. The molecular weight excluding hydrogens is 570 g/mol. The number of rotatable bonds is 19. The molecule has 0 saturated carbocycles. The van der Waals surface area contributed by atoms with Crippen molar-refractivity contribution < 1.29 is 28.9 Å². The molecule has 0 aliphatic carbocycles. The van der Waals surface area contributed by atoms with E-state index in [9.17, 15) is 14.7 Å². The molecule has 0 bridgehead atoms. The number of aliphatic hydroxyl groups excluding tert-OH is 1. The van der Waals surface area contributed by atoms with E-state index in [4.69, 9.17) is 14.2 Å². The van der Waals surface area contributed by atoms with Crippen molar-refractivity contribution in [2.45, 2.75) is 109 Å². The second-order valence-corrected chi connectivity index (χ2v) is 11.7. The molecule has 2 aromatic carbocycles. The second kappa shape index (κ2) is 19.8. The van der Waals surface area contributed by atoms with Crippen LogP contribution in [0.15, 0.2) is 77.9 Å². The fraction of sp³-hybridized carbons (Fsp3) is 0.528. The topological polar surface area (TPSA) is 110 Å². The van der Waals surface area contributed by atoms with Gasteiger partial charge in [0, 0.05) is 19.0 Å². The van der Waals surface area contributed by atoms with E-state index in [1.165, 1.54) is 16.0 Å². The number of aryl methyl sites for hydroxylation is 2. The Morgan fingerprint density at radius 2 is 1.40 bits per heavy atom. The maximum Gasteiger partial charge on any atom is 0.305 e. The van der Waals surface area contributed by atoms with Crippen LogP contribution in [0, 0.1) is 0 Å². The molecule has 1 fully saturated rings. The minimum atomic E-state index is -1.22. The standard InChI is InChI=1S/C36H49N3O6/c40-32(23-15-5-1-3-9-17-29-19-11-7-12-20-29)37-31-25-26-39(36(42)38-31)33-27-44-35(45-33)28-43-34(41)24-16-6-2-4-10-18-30-21-13-8-14-22-30/h7-8,11-14,19-22,25-26,33,35-36,42H,1-6,9-10,15-18,23-24,27-28H2,(H,37,38,40)/t33-,35-,36?/m0/s1. The smallest absolute Gasteiger partial charge is 0.305 e. The van der Waals surface area contributed by atoms with Crippen LogP contribution < -0.4 is 5.32 Å². The number of carbonyl (C=O) groups is 2. The zero-order valence-corrected chi connectivity index (χ0v) is 26.4. The van der Waals surface area contributed by atoms with Crippen molar-refractivity contribution >= 4 is 17.7 Å². The third-order valence-corrected chi connectivity index (χ3v) is 8.04. The van der Waals surface area contributed by atoms with Crippen LogP contribution in [0.25, 0.3) is 0 Å². The highest BCUT2D eigenvalue weighted by Crippen LogP contribution is 2.21. The molecule has 2 aliphatic heterocycles. The fourth-order valence-corrected chi connectivity index (χ4v) is 5.48. The van der Waals surface area contributed by atoms with Gasteiger partial charge in [0.25, 0.3) is 0 Å². The lowest BCUT2D eigenvalue weighted by molar-refractivity contribution is -0.164. The van der Waals surface area contributed by atoms with Crippen molar-refractivity contribution in [2.75, 3.05) is 13.2 Å². The lowest BCUT2D eigenvalue weighted by Crippen LogP contribution is -2.44. The van der Waals surface area contributed by atoms with Crippen LogP contribution in [0.2, 0.25) is 0 Å². The molecule has 1 amide bonds. The average molecular weight is 620 g/mol. The first kappa shape index (κ1) is 34.3. The van der Waals surface area contributed by atoms with Crippen LogP contribution in [0.4, 0.5) is 0 Å². The number of ether oxygens (including phenoxy) is 3. The van der Waals surface area contributed by atoms with Crippen LogP contribution in [0.5, 0.6) is 0 Å². The molecule has 0 aromatic heterocycles. The van der Waals surface area contributed by atoms with Gasteiger partial charge in [-0.05, 0) is 55.7 Å². The normalized spacial score (nSPS) is 19.4. The number of nitrogens with one attached hydrogen (secondary N) is 1. The molecule has 0 radical (unpaired) electrons. The summed E-state index contributed by atoms with van der Waals surface area (Å²) in [6.07, 6.45) is 14.2. The highest BCUT2D eigenvalue weighted by atomic mass is 16.7. The van der Waals surface area contributed by atoms with Crippen molar-refractivity contribution in [1.29, 1.82) is 0 Å². The summed E-state index contributed by atoms with van der Waals surface area (Å²) in [5, 5.41) is 13.3. The molecule has 9 nitrogen and oxygen atoms in total. The highest BCUT2D eigenvalue weighted by molar-refractivity contribution is 6.04. The van der Waals surface area contributed by atoms with E-state index in [2.05, 4.69) is 58.8 Å². The molecule has 3 atom stereocenters. The zero-order chi connectivity index (χ0) is 31.5. The summed E-state index contributed by atoms with van der Waals surface area (Å²) >= 11 is 0. The van der Waals surface area contributed by atoms with Crippen LogP contribution in [-0.2, 0) is 36.6 Å². The maximum absolute atomic E-state index is 12.4. The Morgan fingerprint density at radius 1 is 0.822 bits per heavy atom. The monoisotopic (exact) mass is 619 g/mol. The number of esters is 1. The number of amides is 1. The average Bonchev–Trinajstić information content (AvgIpc) is 3.52. The molecule has 1 saturated heterocycles. The van der Waals surface area contributed by atoms with Gasteiger partial charge in [-0.3, -0.25) is 9.59 Å². The number of carbonyl (C=O) groups excluding carboxylic acids is 2. The molecule has 2 aliphatic rings. The van der Waals surface area contributed by atoms with Gasteiger partial charge in [-0.25, -0.2) is 4.99 Å². The molecule has 2 heterocycles. The predicted octanol–water partition coefficient (Wildman–Crippen LogP) is 6.02. The minimum Gasteiger partial charge on any atom is -0.460 e. The third kappa shape index (κ3) is 13.2. The van der Waals surface area contributed by atoms with E-state index >= 15 is 0 Å². The number of benzene rings is 2. The van der Waals surface area contributed by atoms with Crippen LogP contribution in [0.3, 0.4) is 0 Å². The largest absolute Gasteiger partial charge is 0.460 e. The molecule has 0 spiro atoms. The van der Waals surface area contributed by atoms with Gasteiger partial charge in [0.05, 0.1) is 6.61 Å². The number of hydrogen-bond donors (Lipinski definition) is 2. The molecule has 45 heavy (non-hydrogen) atoms. The number of hydrogen-bond acceptors (Lipinski definition) is 8. The number of aliphatic hydroxyl groups is 1. The summed E-state index contributed by atoms with van der Waals surface area (Å²) in [4.78, 5) is 30.2. The molecule has 2 N–H and O–H groups in total. The van der Waals surface area contributed by atoms with Crippen molar-refractivity contribution in [3.8, 4) is 0 Å². The lowest BCUT2D eigenvalue weighted by atomic mass is 10.0. The molecular formula is C36H49N3O6. The molecule has 1 unspecified atom stereocenters. The van der Waals surface area contributed by atoms with E-state index in [0.717, 1.165) is 77.0 Å². The maximum atomic E-state index is 12.4. The molecule has 4 rings (SSSR count). The summed E-state index contributed by atoms with van der Waals surface area (Å²) in [6, 6.07) is 21.0. The molecule has 9 heteroatoms. The Bertz CT molecular complexity index is 1210. The third-order valence-electron chi connectivity index (χ3n) is 8.04. The summed E-state index contributed by atoms with van der Waals surface area (Å²) in [6.45, 7) is 0.187. The van der Waals surface area contributed by atoms with E-state index < -0.39 is 18.9 Å². The molecule has 2 aromatic rings. The van der Waals surface area contributed by atoms with Crippen LogP contribution in [0.1, 0.15) is 88.2 Å². The lowest BCUT2D eigenvalue weighted by Gasteiger charge is -2.31. The van der Waals surface area contributed by atoms with Gasteiger partial charge < -0.3 is 29.5 Å². The van der Waals surface area contributed by atoms with E-state index in [1.807, 2.05) is 12.1 Å². The zero-order valence-electron chi connectivity index (χ0n) is 26.4. The number of nitrogens with zero attached hydrogens (tertiary/aromatic N) is 2. The predicted molar refractivity (Wildman–Crippen MR) is 174 cm³/mol. The van der Waals surface area contributed by atoms with Crippen molar-refractivity contribution in [1.82, 2.24) is 10.2 Å². The van der Waals surface area contributed by atoms with Gasteiger partial charge in [-0.15, -0.1) is 0 Å². The van der Waals surface area contributed by atoms with Crippen LogP contribution in [-0.4, -0.2) is 59.8 Å². The van der Waals surface area contributed by atoms with E-state index in [1.54, 1.807) is 12.3 Å². The van der Waals surface area contributed by atoms with Gasteiger partial charge in [0.2, 0.25) is 12.3 Å². The summed E-state index contributed by atoms with van der Waals surface area (Å²) < 4.78 is 16.8. The Morgan fingerprint density at radius 3 is 2.02 bits per heavy atom. The van der Waals surface area contributed by atoms with Crippen LogP contribution >= 0.6 is 0 Å². The van der Waals surface area contributed by atoms with Gasteiger partial charge in [-0.1, -0.05) is 99.2 Å². The quantitative estimate of drug-likeness (QED) is 0.146. The Balaban J connectivity index is 1.00. The van der Waals surface area contributed by atoms with Crippen molar-refractivity contribution in [3.05, 3.63) is 84.1 Å².